The topological polar surface area (TPSA) is 35.5 Å². The van der Waals surface area contributed by atoms with Gasteiger partial charge in [-0.1, -0.05) is 29.3 Å². The van der Waals surface area contributed by atoms with Gasteiger partial charge in [-0.05, 0) is 24.6 Å². The van der Waals surface area contributed by atoms with Crippen molar-refractivity contribution in [3.05, 3.63) is 28.2 Å². The second kappa shape index (κ2) is 6.55. The van der Waals surface area contributed by atoms with E-state index in [0.29, 0.717) is 11.8 Å². The van der Waals surface area contributed by atoms with Gasteiger partial charge in [0.05, 0.1) is 0 Å². The number of hydrogen-bond acceptors (Lipinski definition) is 3. The highest BCUT2D eigenvalue weighted by molar-refractivity contribution is 9.10. The highest BCUT2D eigenvalue weighted by atomic mass is 79.9. The summed E-state index contributed by atoms with van der Waals surface area (Å²) in [6, 6.07) is 6.05. The molecule has 1 fully saturated rings. The Morgan fingerprint density at radius 3 is 2.78 bits per heavy atom. The number of benzene rings is 1. The molecule has 1 heterocycles. The van der Waals surface area contributed by atoms with Crippen molar-refractivity contribution in [3.8, 4) is 5.75 Å². The standard InChI is InChI=1S/C14H21BrN2O/c1-2-3-13(17-8-6-16-7-9-17)12-10-11(15)4-5-14(12)18/h4-5,10,13,16,18H,2-3,6-9H2,1H3/t13-/m0/s1. The van der Waals surface area contributed by atoms with Crippen LogP contribution in [0, 0.1) is 0 Å². The minimum absolute atomic E-state index is 0.328. The fourth-order valence-electron chi connectivity index (χ4n) is 2.59. The molecular formula is C14H21BrN2O. The molecule has 1 aliphatic heterocycles. The zero-order valence-corrected chi connectivity index (χ0v) is 12.4. The lowest BCUT2D eigenvalue weighted by Gasteiger charge is -2.35. The third-order valence-corrected chi connectivity index (χ3v) is 4.00. The van der Waals surface area contributed by atoms with Gasteiger partial charge in [-0.15, -0.1) is 0 Å². The van der Waals surface area contributed by atoms with Crippen molar-refractivity contribution in [1.82, 2.24) is 10.2 Å². The molecule has 0 aliphatic carbocycles. The number of halogens is 1. The van der Waals surface area contributed by atoms with Crippen molar-refractivity contribution in [3.63, 3.8) is 0 Å². The van der Waals surface area contributed by atoms with Gasteiger partial charge >= 0.3 is 0 Å². The van der Waals surface area contributed by atoms with Crippen molar-refractivity contribution >= 4 is 15.9 Å². The van der Waals surface area contributed by atoms with Crippen LogP contribution < -0.4 is 5.32 Å². The van der Waals surface area contributed by atoms with E-state index in [1.165, 1.54) is 0 Å². The minimum atomic E-state index is 0.328. The van der Waals surface area contributed by atoms with Crippen LogP contribution in [0.1, 0.15) is 31.4 Å². The fourth-order valence-corrected chi connectivity index (χ4v) is 2.97. The van der Waals surface area contributed by atoms with E-state index in [1.54, 1.807) is 6.07 Å². The van der Waals surface area contributed by atoms with Crippen LogP contribution in [0.25, 0.3) is 0 Å². The molecule has 1 atom stereocenters. The van der Waals surface area contributed by atoms with Crippen molar-refractivity contribution in [1.29, 1.82) is 0 Å². The lowest BCUT2D eigenvalue weighted by molar-refractivity contribution is 0.162. The average molecular weight is 313 g/mol. The molecule has 1 aromatic rings. The summed E-state index contributed by atoms with van der Waals surface area (Å²) in [6.07, 6.45) is 2.21. The summed E-state index contributed by atoms with van der Waals surface area (Å²) < 4.78 is 1.03. The van der Waals surface area contributed by atoms with Gasteiger partial charge in [0.2, 0.25) is 0 Å². The smallest absolute Gasteiger partial charge is 0.120 e. The van der Waals surface area contributed by atoms with Crippen LogP contribution in [0.3, 0.4) is 0 Å². The van der Waals surface area contributed by atoms with E-state index < -0.39 is 0 Å². The number of nitrogens with zero attached hydrogens (tertiary/aromatic N) is 1. The third-order valence-electron chi connectivity index (χ3n) is 3.50. The predicted octanol–water partition coefficient (Wildman–Crippen LogP) is 2.90. The molecule has 18 heavy (non-hydrogen) atoms. The van der Waals surface area contributed by atoms with Crippen molar-refractivity contribution in [2.75, 3.05) is 26.2 Å². The van der Waals surface area contributed by atoms with E-state index in [2.05, 4.69) is 39.1 Å². The number of nitrogens with one attached hydrogen (secondary N) is 1. The van der Waals surface area contributed by atoms with Crippen LogP contribution >= 0.6 is 15.9 Å². The fraction of sp³-hybridized carbons (Fsp3) is 0.571. The molecule has 0 spiro atoms. The second-order valence-electron chi connectivity index (χ2n) is 4.79. The number of rotatable bonds is 4. The van der Waals surface area contributed by atoms with Crippen molar-refractivity contribution < 1.29 is 5.11 Å². The normalized spacial score (nSPS) is 18.8. The molecule has 0 aromatic heterocycles. The van der Waals surface area contributed by atoms with E-state index in [1.807, 2.05) is 6.07 Å². The molecule has 0 radical (unpaired) electrons. The Kier molecular flexibility index (Phi) is 5.03. The highest BCUT2D eigenvalue weighted by Gasteiger charge is 2.23. The first-order valence-electron chi connectivity index (χ1n) is 6.65. The molecular weight excluding hydrogens is 292 g/mol. The molecule has 1 aromatic carbocycles. The summed E-state index contributed by atoms with van der Waals surface area (Å²) >= 11 is 3.50. The molecule has 3 nitrogen and oxygen atoms in total. The molecule has 1 aliphatic rings. The number of hydrogen-bond donors (Lipinski definition) is 2. The van der Waals surface area contributed by atoms with Crippen LogP contribution in [0.5, 0.6) is 5.75 Å². The van der Waals surface area contributed by atoms with E-state index in [9.17, 15) is 5.11 Å². The first-order valence-corrected chi connectivity index (χ1v) is 7.45. The molecule has 0 saturated carbocycles. The summed E-state index contributed by atoms with van der Waals surface area (Å²) in [4.78, 5) is 2.47. The molecule has 4 heteroatoms. The Bertz CT molecular complexity index is 391. The van der Waals surface area contributed by atoms with Crippen molar-refractivity contribution in [2.24, 2.45) is 0 Å². The maximum atomic E-state index is 10.1. The maximum Gasteiger partial charge on any atom is 0.120 e. The average Bonchev–Trinajstić information content (AvgIpc) is 2.40. The minimum Gasteiger partial charge on any atom is -0.508 e. The maximum absolute atomic E-state index is 10.1. The number of phenolic OH excluding ortho intramolecular Hbond substituents is 1. The quantitative estimate of drug-likeness (QED) is 0.897. The summed E-state index contributed by atoms with van der Waals surface area (Å²) in [6.45, 7) is 6.38. The van der Waals surface area contributed by atoms with Crippen molar-refractivity contribution in [2.45, 2.75) is 25.8 Å². The molecule has 2 N–H and O–H groups in total. The first-order chi connectivity index (χ1) is 8.72. The highest BCUT2D eigenvalue weighted by Crippen LogP contribution is 2.34. The van der Waals surface area contributed by atoms with Gasteiger partial charge in [-0.3, -0.25) is 4.90 Å². The molecule has 100 valence electrons. The van der Waals surface area contributed by atoms with Gasteiger partial charge in [0.1, 0.15) is 5.75 Å². The van der Waals surface area contributed by atoms with Gasteiger partial charge < -0.3 is 10.4 Å². The second-order valence-corrected chi connectivity index (χ2v) is 5.71. The van der Waals surface area contributed by atoms with Gasteiger partial charge in [-0.2, -0.15) is 0 Å². The molecule has 0 amide bonds. The lowest BCUT2D eigenvalue weighted by Crippen LogP contribution is -2.45. The molecule has 0 bridgehead atoms. The Morgan fingerprint density at radius 2 is 2.11 bits per heavy atom. The number of piperazine rings is 1. The largest absolute Gasteiger partial charge is 0.508 e. The summed E-state index contributed by atoms with van der Waals surface area (Å²) in [5.74, 6) is 0.412. The predicted molar refractivity (Wildman–Crippen MR) is 77.9 cm³/mol. The van der Waals surface area contributed by atoms with Gasteiger partial charge in [0.25, 0.3) is 0 Å². The Hall–Kier alpha value is -0.580. The van der Waals surface area contributed by atoms with Crippen LogP contribution in [0.15, 0.2) is 22.7 Å². The summed E-state index contributed by atoms with van der Waals surface area (Å²) in [7, 11) is 0. The first kappa shape index (κ1) is 13.8. The Morgan fingerprint density at radius 1 is 1.39 bits per heavy atom. The molecule has 2 rings (SSSR count). The monoisotopic (exact) mass is 312 g/mol. The van der Waals surface area contributed by atoms with E-state index >= 15 is 0 Å². The van der Waals surface area contributed by atoms with Gasteiger partial charge in [-0.25, -0.2) is 0 Å². The van der Waals surface area contributed by atoms with Crippen LogP contribution in [0.4, 0.5) is 0 Å². The van der Waals surface area contributed by atoms with Gasteiger partial charge in [0, 0.05) is 42.3 Å². The van der Waals surface area contributed by atoms with Crippen LogP contribution in [0.2, 0.25) is 0 Å². The zero-order chi connectivity index (χ0) is 13.0. The molecule has 1 saturated heterocycles. The summed E-state index contributed by atoms with van der Waals surface area (Å²) in [5, 5.41) is 13.5. The molecule has 0 unspecified atom stereocenters. The van der Waals surface area contributed by atoms with E-state index in [0.717, 1.165) is 49.1 Å². The SMILES string of the molecule is CCC[C@@H](c1cc(Br)ccc1O)N1CCNCC1. The van der Waals surface area contributed by atoms with E-state index in [-0.39, 0.29) is 0 Å². The van der Waals surface area contributed by atoms with Gasteiger partial charge in [0.15, 0.2) is 0 Å². The Balaban J connectivity index is 2.24. The Labute approximate surface area is 117 Å². The lowest BCUT2D eigenvalue weighted by atomic mass is 9.99. The zero-order valence-electron chi connectivity index (χ0n) is 10.8. The number of phenols is 1. The number of aromatic hydroxyl groups is 1. The van der Waals surface area contributed by atoms with E-state index in [4.69, 9.17) is 0 Å². The van der Waals surface area contributed by atoms with Crippen LogP contribution in [-0.2, 0) is 0 Å². The summed E-state index contributed by atoms with van der Waals surface area (Å²) in [5.41, 5.74) is 1.05. The van der Waals surface area contributed by atoms with Crippen LogP contribution in [-0.4, -0.2) is 36.2 Å². The third kappa shape index (κ3) is 3.25.